The van der Waals surface area contributed by atoms with Gasteiger partial charge < -0.3 is 4.90 Å². The van der Waals surface area contributed by atoms with Gasteiger partial charge in [-0.2, -0.15) is 0 Å². The van der Waals surface area contributed by atoms with Gasteiger partial charge in [0.2, 0.25) is 0 Å². The molecule has 4 rings (SSSR count). The lowest BCUT2D eigenvalue weighted by Crippen LogP contribution is -2.28. The Kier molecular flexibility index (Phi) is 5.04. The summed E-state index contributed by atoms with van der Waals surface area (Å²) in [5, 5.41) is 0.988. The molecule has 2 atom stereocenters. The zero-order chi connectivity index (χ0) is 20.1. The molecule has 2 aliphatic heterocycles. The predicted molar refractivity (Wildman–Crippen MR) is 119 cm³/mol. The molecule has 1 saturated heterocycles. The topological polar surface area (TPSA) is 49.7 Å². The van der Waals surface area contributed by atoms with Crippen molar-refractivity contribution in [3.05, 3.63) is 64.2 Å². The fourth-order valence-electron chi connectivity index (χ4n) is 3.77. The molecule has 0 unspecified atom stereocenters. The average Bonchev–Trinajstić information content (AvgIpc) is 3.11. The number of benzene rings is 2. The molecule has 0 bridgehead atoms. The molecule has 4 nitrogen and oxygen atoms in total. The number of aliphatic imine (C=N–C) groups is 1. The normalized spacial score (nSPS) is 22.8. The number of fused-ring (bicyclic) bond motifs is 1. The number of rotatable bonds is 3. The van der Waals surface area contributed by atoms with Crippen LogP contribution >= 0.6 is 11.8 Å². The molecule has 2 aromatic rings. The average molecular weight is 415 g/mol. The number of thioether (sulfide) groups is 1. The summed E-state index contributed by atoms with van der Waals surface area (Å²) >= 11 is 1.62. The lowest BCUT2D eigenvalue weighted by molar-refractivity contribution is 0.601. The lowest BCUT2D eigenvalue weighted by atomic mass is 10.0. The Morgan fingerprint density at radius 3 is 2.46 bits per heavy atom. The monoisotopic (exact) mass is 414 g/mol. The second-order valence-electron chi connectivity index (χ2n) is 8.00. The fourth-order valence-corrected chi connectivity index (χ4v) is 7.56. The standard InChI is InChI=1S/C22H26N2O2S2/c1-14-5-6-16(3)18(9-14)11-24(19-8-7-15(2)17(4)10-19)22-23-20-12-28(25,26)13-21(20)27-22/h5-10,20-21H,11-13H2,1-4H3/t20-,21-/m1/s1. The molecular formula is C22H26N2O2S2. The Morgan fingerprint density at radius 2 is 1.75 bits per heavy atom. The van der Waals surface area contributed by atoms with E-state index in [1.807, 2.05) is 0 Å². The Hall–Kier alpha value is -1.79. The highest BCUT2D eigenvalue weighted by Crippen LogP contribution is 2.37. The van der Waals surface area contributed by atoms with Crippen LogP contribution in [0.5, 0.6) is 0 Å². The van der Waals surface area contributed by atoms with E-state index in [0.717, 1.165) is 17.4 Å². The Morgan fingerprint density at radius 1 is 1.00 bits per heavy atom. The van der Waals surface area contributed by atoms with Gasteiger partial charge in [-0.15, -0.1) is 0 Å². The third-order valence-electron chi connectivity index (χ3n) is 5.67. The van der Waals surface area contributed by atoms with Gasteiger partial charge in [0, 0.05) is 10.9 Å². The molecule has 1 fully saturated rings. The first kappa shape index (κ1) is 19.5. The van der Waals surface area contributed by atoms with Gasteiger partial charge in [-0.05, 0) is 62.1 Å². The zero-order valence-corrected chi connectivity index (χ0v) is 18.4. The van der Waals surface area contributed by atoms with E-state index in [0.29, 0.717) is 0 Å². The van der Waals surface area contributed by atoms with Crippen LogP contribution in [0, 0.1) is 27.7 Å². The van der Waals surface area contributed by atoms with Gasteiger partial charge in [0.05, 0.1) is 24.1 Å². The van der Waals surface area contributed by atoms with E-state index >= 15 is 0 Å². The van der Waals surface area contributed by atoms with Crippen molar-refractivity contribution in [2.75, 3.05) is 16.4 Å². The first-order valence-corrected chi connectivity index (χ1v) is 12.3. The smallest absolute Gasteiger partial charge is 0.164 e. The van der Waals surface area contributed by atoms with E-state index < -0.39 is 9.84 Å². The van der Waals surface area contributed by atoms with Gasteiger partial charge in [0.1, 0.15) is 0 Å². The van der Waals surface area contributed by atoms with Crippen LogP contribution in [-0.2, 0) is 16.4 Å². The Bertz CT molecular complexity index is 1060. The summed E-state index contributed by atoms with van der Waals surface area (Å²) in [6, 6.07) is 12.9. The number of hydrogen-bond donors (Lipinski definition) is 0. The third kappa shape index (κ3) is 3.85. The van der Waals surface area contributed by atoms with Crippen LogP contribution in [0.15, 0.2) is 41.4 Å². The zero-order valence-electron chi connectivity index (χ0n) is 16.8. The first-order valence-electron chi connectivity index (χ1n) is 9.58. The van der Waals surface area contributed by atoms with E-state index in [2.05, 4.69) is 69.0 Å². The molecule has 2 aliphatic rings. The predicted octanol–water partition coefficient (Wildman–Crippen LogP) is 4.20. The van der Waals surface area contributed by atoms with Crippen LogP contribution in [0.25, 0.3) is 0 Å². The molecule has 6 heteroatoms. The van der Waals surface area contributed by atoms with Gasteiger partial charge in [0.25, 0.3) is 0 Å². The highest BCUT2D eigenvalue weighted by molar-refractivity contribution is 8.15. The van der Waals surface area contributed by atoms with Gasteiger partial charge >= 0.3 is 0 Å². The maximum atomic E-state index is 11.9. The third-order valence-corrected chi connectivity index (χ3v) is 8.92. The summed E-state index contributed by atoms with van der Waals surface area (Å²) < 4.78 is 23.9. The van der Waals surface area contributed by atoms with E-state index in [9.17, 15) is 8.42 Å². The van der Waals surface area contributed by atoms with Crippen LogP contribution in [-0.4, -0.2) is 36.4 Å². The van der Waals surface area contributed by atoms with E-state index in [-0.39, 0.29) is 22.8 Å². The van der Waals surface area contributed by atoms with E-state index in [1.165, 1.54) is 27.8 Å². The minimum Gasteiger partial charge on any atom is -0.317 e. The van der Waals surface area contributed by atoms with Crippen molar-refractivity contribution in [1.29, 1.82) is 0 Å². The molecule has 2 aromatic carbocycles. The molecule has 0 saturated carbocycles. The second kappa shape index (κ2) is 7.23. The van der Waals surface area contributed by atoms with Crippen molar-refractivity contribution in [1.82, 2.24) is 0 Å². The van der Waals surface area contributed by atoms with Crippen molar-refractivity contribution in [3.63, 3.8) is 0 Å². The molecule has 0 aromatic heterocycles. The summed E-state index contributed by atoms with van der Waals surface area (Å²) in [4.78, 5) is 7.10. The molecule has 148 valence electrons. The maximum absolute atomic E-state index is 11.9. The van der Waals surface area contributed by atoms with Gasteiger partial charge in [0.15, 0.2) is 15.0 Å². The van der Waals surface area contributed by atoms with Crippen molar-refractivity contribution in [2.45, 2.75) is 45.5 Å². The minimum atomic E-state index is -2.95. The van der Waals surface area contributed by atoms with Crippen LogP contribution in [0.1, 0.15) is 27.8 Å². The molecule has 2 heterocycles. The summed E-state index contributed by atoms with van der Waals surface area (Å²) in [7, 11) is -2.95. The largest absolute Gasteiger partial charge is 0.317 e. The van der Waals surface area contributed by atoms with Crippen molar-refractivity contribution in [3.8, 4) is 0 Å². The van der Waals surface area contributed by atoms with Crippen LogP contribution < -0.4 is 4.90 Å². The molecule has 0 amide bonds. The van der Waals surface area contributed by atoms with Gasteiger partial charge in [-0.25, -0.2) is 8.42 Å². The van der Waals surface area contributed by atoms with Crippen LogP contribution in [0.2, 0.25) is 0 Å². The summed E-state index contributed by atoms with van der Waals surface area (Å²) in [6.45, 7) is 9.22. The van der Waals surface area contributed by atoms with Gasteiger partial charge in [-0.1, -0.05) is 41.6 Å². The van der Waals surface area contributed by atoms with Crippen LogP contribution in [0.4, 0.5) is 5.69 Å². The number of aryl methyl sites for hydroxylation is 4. The highest BCUT2D eigenvalue weighted by Gasteiger charge is 2.44. The minimum absolute atomic E-state index is 0.0488. The molecule has 0 N–H and O–H groups in total. The number of anilines is 1. The summed E-state index contributed by atoms with van der Waals surface area (Å²) in [5.74, 6) is 0.415. The maximum Gasteiger partial charge on any atom is 0.164 e. The van der Waals surface area contributed by atoms with Crippen molar-refractivity contribution < 1.29 is 8.42 Å². The quantitative estimate of drug-likeness (QED) is 0.755. The van der Waals surface area contributed by atoms with E-state index in [1.54, 1.807) is 11.8 Å². The Labute approximate surface area is 172 Å². The SMILES string of the molecule is Cc1ccc(C)c(CN(C2=N[C@@H]3CS(=O)(=O)C[C@H]3S2)c2ccc(C)c(C)c2)c1. The van der Waals surface area contributed by atoms with Crippen molar-refractivity contribution in [2.24, 2.45) is 4.99 Å². The molecule has 0 aliphatic carbocycles. The number of sulfone groups is 1. The molecule has 0 spiro atoms. The number of hydrogen-bond acceptors (Lipinski definition) is 5. The molecular weight excluding hydrogens is 388 g/mol. The molecule has 28 heavy (non-hydrogen) atoms. The van der Waals surface area contributed by atoms with Gasteiger partial charge in [-0.3, -0.25) is 4.99 Å². The highest BCUT2D eigenvalue weighted by atomic mass is 32.2. The summed E-state index contributed by atoms with van der Waals surface area (Å²) in [6.07, 6.45) is 0. The summed E-state index contributed by atoms with van der Waals surface area (Å²) in [5.41, 5.74) is 7.38. The fraction of sp³-hybridized carbons (Fsp3) is 0.409. The first-order chi connectivity index (χ1) is 13.2. The molecule has 0 radical (unpaired) electrons. The van der Waals surface area contributed by atoms with Crippen LogP contribution in [0.3, 0.4) is 0 Å². The lowest BCUT2D eigenvalue weighted by Gasteiger charge is -2.26. The number of amidine groups is 1. The van der Waals surface area contributed by atoms with E-state index in [4.69, 9.17) is 4.99 Å². The Balaban J connectivity index is 1.72. The number of nitrogens with zero attached hydrogens (tertiary/aromatic N) is 2. The van der Waals surface area contributed by atoms with Crippen molar-refractivity contribution >= 4 is 32.5 Å². The second-order valence-corrected chi connectivity index (χ2v) is 11.4.